The zero-order valence-corrected chi connectivity index (χ0v) is 28.9. The van der Waals surface area contributed by atoms with Gasteiger partial charge in [0.15, 0.2) is 23.0 Å². The van der Waals surface area contributed by atoms with Crippen molar-refractivity contribution >= 4 is 0 Å². The Hall–Kier alpha value is -3.02. The largest absolute Gasteiger partial charge is 0.504 e. The van der Waals surface area contributed by atoms with Crippen LogP contribution in [-0.4, -0.2) is 102 Å². The minimum absolute atomic E-state index is 0. The van der Waals surface area contributed by atoms with Gasteiger partial charge in [-0.25, -0.2) is 4.98 Å². The second kappa shape index (κ2) is 15.3. The summed E-state index contributed by atoms with van der Waals surface area (Å²) in [5, 5.41) is 41.1. The Bertz CT molecular complexity index is 1320. The molecule has 48 heavy (non-hydrogen) atoms. The van der Waals surface area contributed by atoms with Crippen molar-refractivity contribution in [1.82, 2.24) is 44.2 Å². The van der Waals surface area contributed by atoms with Crippen molar-refractivity contribution in [2.45, 2.75) is 37.8 Å². The van der Waals surface area contributed by atoms with E-state index in [1.165, 1.54) is 0 Å². The van der Waals surface area contributed by atoms with E-state index in [1.807, 2.05) is 114 Å². The molecule has 0 atom stereocenters. The zero-order chi connectivity index (χ0) is 31.7. The fourth-order valence-electron chi connectivity index (χ4n) is 6.00. The molecule has 16 heteroatoms. The first kappa shape index (κ1) is 36.3. The summed E-state index contributed by atoms with van der Waals surface area (Å²) in [6, 6.07) is 12.2. The van der Waals surface area contributed by atoms with E-state index in [9.17, 15) is 20.4 Å². The normalized spacial score (nSPS) is 21.8. The molecule has 6 aliphatic heterocycles. The van der Waals surface area contributed by atoms with Crippen LogP contribution in [0, 0.1) is 26.7 Å². The molecule has 266 valence electrons. The molecule has 12 bridgehead atoms. The predicted octanol–water partition coefficient (Wildman–Crippen LogP) is -0.201. The molecule has 0 unspecified atom stereocenters. The van der Waals surface area contributed by atoms with Gasteiger partial charge >= 0.3 is 0 Å². The van der Waals surface area contributed by atoms with Crippen LogP contribution in [0.5, 0.6) is 0 Å². The Morgan fingerprint density at radius 1 is 0.479 bits per heavy atom. The number of rotatable bonds is 0. The number of nitrogens with one attached hydrogen (secondary N) is 1. The number of H-pyrrole nitrogens is 1. The van der Waals surface area contributed by atoms with Gasteiger partial charge in [-0.05, 0) is 67.8 Å². The van der Waals surface area contributed by atoms with Gasteiger partial charge in [0.25, 0.3) is 0 Å². The first-order chi connectivity index (χ1) is 22.1. The molecule has 0 spiro atoms. The molecule has 5 N–H and O–H groups in total. The van der Waals surface area contributed by atoms with Crippen LogP contribution in [-0.2, 0) is 70.9 Å². The van der Waals surface area contributed by atoms with Crippen LogP contribution < -0.4 is 4.98 Å². The monoisotopic (exact) mass is 841 g/mol. The van der Waals surface area contributed by atoms with Gasteiger partial charge in [0.1, 0.15) is 0 Å². The van der Waals surface area contributed by atoms with Gasteiger partial charge in [-0.1, -0.05) is 6.07 Å². The van der Waals surface area contributed by atoms with Crippen molar-refractivity contribution in [3.05, 3.63) is 135 Å². The van der Waals surface area contributed by atoms with Crippen LogP contribution in [0.1, 0.15) is 22.8 Å². The topological polar surface area (TPSA) is 134 Å². The fraction of sp³-hybridized carbons (Fsp3) is 0.312. The SMILES string of the molecule is OC1(O)CN2C=CN([CH-]2)Cc2cccc([nH+]2)CN2C=CN([CH-]2)C1.OC1(O)CN2C=CN([CH-]2)Cc2cccc(n2)CN2C=CN([CH-]2)C1.[Ag].[Ag]. The van der Waals surface area contributed by atoms with E-state index in [-0.39, 0.29) is 70.9 Å². The van der Waals surface area contributed by atoms with Crippen molar-refractivity contribution in [1.29, 1.82) is 0 Å². The summed E-state index contributed by atoms with van der Waals surface area (Å²) in [6.07, 6.45) is 15.0. The summed E-state index contributed by atoms with van der Waals surface area (Å²) in [4.78, 5) is 23.2. The molecule has 2 radical (unpaired) electrons. The molecule has 0 saturated heterocycles. The number of hydrogen-bond donors (Lipinski definition) is 4. The van der Waals surface area contributed by atoms with Crippen LogP contribution >= 0.6 is 0 Å². The van der Waals surface area contributed by atoms with E-state index in [0.717, 1.165) is 22.8 Å². The number of aromatic nitrogens is 2. The summed E-state index contributed by atoms with van der Waals surface area (Å²) < 4.78 is 0. The van der Waals surface area contributed by atoms with E-state index in [2.05, 4.69) is 23.2 Å². The first-order valence-corrected chi connectivity index (χ1v) is 15.2. The molecule has 14 nitrogen and oxygen atoms in total. The molecule has 0 saturated carbocycles. The number of fused-ring (bicyclic) bond motifs is 12. The van der Waals surface area contributed by atoms with Crippen molar-refractivity contribution in [2.24, 2.45) is 0 Å². The summed E-state index contributed by atoms with van der Waals surface area (Å²) in [7, 11) is 0. The molecule has 0 aromatic carbocycles. The predicted molar refractivity (Wildman–Crippen MR) is 164 cm³/mol. The van der Waals surface area contributed by atoms with E-state index >= 15 is 0 Å². The molecule has 8 heterocycles. The number of aromatic amines is 1. The summed E-state index contributed by atoms with van der Waals surface area (Å²) in [5.74, 6) is -3.62. The number of hydrogen-bond acceptors (Lipinski definition) is 13. The second-order valence-electron chi connectivity index (χ2n) is 12.3. The molecule has 0 fully saturated rings. The van der Waals surface area contributed by atoms with Crippen LogP contribution in [0.3, 0.4) is 0 Å². The average Bonchev–Trinajstić information content (AvgIpc) is 3.79. The molecule has 2 aromatic rings. The number of aliphatic hydroxyl groups is 4. The van der Waals surface area contributed by atoms with Gasteiger partial charge in [0, 0.05) is 96.2 Å². The van der Waals surface area contributed by atoms with Crippen molar-refractivity contribution in [3.8, 4) is 0 Å². The quantitative estimate of drug-likeness (QED) is 0.159. The van der Waals surface area contributed by atoms with Gasteiger partial charge < -0.3 is 59.6 Å². The molecule has 0 aliphatic carbocycles. The summed E-state index contributed by atoms with van der Waals surface area (Å²) in [6.45, 7) is 10.6. The van der Waals surface area contributed by atoms with Gasteiger partial charge in [-0.2, -0.15) is 26.7 Å². The molecule has 8 rings (SSSR count). The van der Waals surface area contributed by atoms with E-state index in [4.69, 9.17) is 4.98 Å². The minimum atomic E-state index is -1.82. The van der Waals surface area contributed by atoms with E-state index in [0.29, 0.717) is 26.2 Å². The Balaban J connectivity index is 0.000000180. The third-order valence-electron chi connectivity index (χ3n) is 7.90. The molecule has 0 amide bonds. The van der Waals surface area contributed by atoms with Gasteiger partial charge in [-0.15, -0.1) is 0 Å². The van der Waals surface area contributed by atoms with Crippen LogP contribution in [0.4, 0.5) is 0 Å². The van der Waals surface area contributed by atoms with Crippen molar-refractivity contribution in [3.63, 3.8) is 0 Å². The molecule has 6 aliphatic rings. The van der Waals surface area contributed by atoms with Crippen molar-refractivity contribution in [2.75, 3.05) is 26.2 Å². The Morgan fingerprint density at radius 3 is 1.17 bits per heavy atom. The van der Waals surface area contributed by atoms with Gasteiger partial charge in [-0.3, -0.25) is 4.98 Å². The van der Waals surface area contributed by atoms with E-state index < -0.39 is 11.6 Å². The van der Waals surface area contributed by atoms with Crippen molar-refractivity contribution < 1.29 is 70.2 Å². The average molecular weight is 843 g/mol. The molecular weight excluding hydrogens is 804 g/mol. The number of pyridine rings is 2. The third kappa shape index (κ3) is 9.57. The fourth-order valence-corrected chi connectivity index (χ4v) is 6.00. The maximum Gasteiger partial charge on any atom is 0.196 e. The van der Waals surface area contributed by atoms with Crippen LogP contribution in [0.15, 0.2) is 86.0 Å². The smallest absolute Gasteiger partial charge is 0.196 e. The molecular formula is C32H39Ag2N10O4-3. The first-order valence-electron chi connectivity index (χ1n) is 15.2. The third-order valence-corrected chi connectivity index (χ3v) is 7.90. The molecule has 2 aromatic heterocycles. The second-order valence-corrected chi connectivity index (χ2v) is 12.3. The Kier molecular flexibility index (Phi) is 11.5. The van der Waals surface area contributed by atoms with Crippen LogP contribution in [0.2, 0.25) is 0 Å². The van der Waals surface area contributed by atoms with Gasteiger partial charge in [0.05, 0.1) is 24.5 Å². The maximum absolute atomic E-state index is 10.3. The summed E-state index contributed by atoms with van der Waals surface area (Å²) >= 11 is 0. The Labute approximate surface area is 312 Å². The summed E-state index contributed by atoms with van der Waals surface area (Å²) in [5.41, 5.74) is 4.14. The maximum atomic E-state index is 10.3. The zero-order valence-electron chi connectivity index (χ0n) is 26.0. The van der Waals surface area contributed by atoms with Gasteiger partial charge in [0.2, 0.25) is 0 Å². The standard InChI is InChI=1S/2C16H19N5O2.2Ag/c2*22-16(23)10-20-6-4-18(12-20)8-14-2-1-3-15(17-14)9-19-5-7-21(11-16)13-19;;/h2*1-7,12-13,22-23H,8-11H2;;/q2*-2;;/p+1. The Morgan fingerprint density at radius 2 is 0.792 bits per heavy atom. The van der Waals surface area contributed by atoms with Crippen LogP contribution in [0.25, 0.3) is 0 Å². The number of nitrogens with zero attached hydrogens (tertiary/aromatic N) is 9. The van der Waals surface area contributed by atoms with E-state index in [1.54, 1.807) is 19.6 Å². The minimum Gasteiger partial charge on any atom is -0.504 e.